The molecule has 1 atom stereocenters. The van der Waals surface area contributed by atoms with Crippen LogP contribution in [-0.4, -0.2) is 12.6 Å². The summed E-state index contributed by atoms with van der Waals surface area (Å²) in [6.07, 6.45) is 1.83. The van der Waals surface area contributed by atoms with Crippen molar-refractivity contribution in [1.82, 2.24) is 5.32 Å². The number of hydrogen-bond donors (Lipinski definition) is 1. The quantitative estimate of drug-likeness (QED) is 0.620. The van der Waals surface area contributed by atoms with Crippen LogP contribution in [0.2, 0.25) is 0 Å². The molecule has 0 saturated carbocycles. The summed E-state index contributed by atoms with van der Waals surface area (Å²) in [7, 11) is 0. The Morgan fingerprint density at radius 2 is 1.70 bits per heavy atom. The third kappa shape index (κ3) is 4.80. The molecule has 3 heteroatoms. The first-order valence-electron chi connectivity index (χ1n) is 7.91. The summed E-state index contributed by atoms with van der Waals surface area (Å²) in [6.45, 7) is 4.74. The van der Waals surface area contributed by atoms with Crippen LogP contribution in [0.15, 0.2) is 72.3 Å². The Kier molecular flexibility index (Phi) is 6.57. The van der Waals surface area contributed by atoms with Gasteiger partial charge in [0, 0.05) is 6.54 Å². The van der Waals surface area contributed by atoms with Crippen molar-refractivity contribution in [2.75, 3.05) is 6.61 Å². The fourth-order valence-corrected chi connectivity index (χ4v) is 2.49. The highest BCUT2D eigenvalue weighted by Crippen LogP contribution is 2.23. The Morgan fingerprint density at radius 3 is 2.26 bits per heavy atom. The van der Waals surface area contributed by atoms with E-state index in [2.05, 4.69) is 17.4 Å². The SMILES string of the molecule is C/C=C(\C(=O)OCC)[C@H](NCc1ccccc1)c1ccccc1. The minimum atomic E-state index is -0.274. The van der Waals surface area contributed by atoms with Crippen molar-refractivity contribution in [2.24, 2.45) is 0 Å². The Balaban J connectivity index is 2.23. The minimum absolute atomic E-state index is 0.194. The summed E-state index contributed by atoms with van der Waals surface area (Å²) < 4.78 is 5.20. The molecule has 0 aliphatic rings. The summed E-state index contributed by atoms with van der Waals surface area (Å²) in [6, 6.07) is 19.9. The molecule has 0 saturated heterocycles. The zero-order chi connectivity index (χ0) is 16.5. The lowest BCUT2D eigenvalue weighted by molar-refractivity contribution is -0.138. The number of carbonyl (C=O) groups is 1. The van der Waals surface area contributed by atoms with Crippen LogP contribution < -0.4 is 5.32 Å². The van der Waals surface area contributed by atoms with E-state index in [9.17, 15) is 4.79 Å². The van der Waals surface area contributed by atoms with Gasteiger partial charge in [0.15, 0.2) is 0 Å². The second-order valence-electron chi connectivity index (χ2n) is 5.17. The van der Waals surface area contributed by atoms with Gasteiger partial charge in [0.1, 0.15) is 0 Å². The zero-order valence-electron chi connectivity index (χ0n) is 13.7. The molecule has 0 heterocycles. The van der Waals surface area contributed by atoms with Crippen LogP contribution in [0.3, 0.4) is 0 Å². The number of ether oxygens (including phenoxy) is 1. The van der Waals surface area contributed by atoms with Gasteiger partial charge in [-0.05, 0) is 25.0 Å². The number of nitrogens with one attached hydrogen (secondary N) is 1. The van der Waals surface area contributed by atoms with Crippen LogP contribution in [0.1, 0.15) is 31.0 Å². The predicted molar refractivity (Wildman–Crippen MR) is 92.9 cm³/mol. The molecule has 2 rings (SSSR count). The van der Waals surface area contributed by atoms with Crippen molar-refractivity contribution in [3.63, 3.8) is 0 Å². The first-order valence-corrected chi connectivity index (χ1v) is 7.91. The van der Waals surface area contributed by atoms with Crippen molar-refractivity contribution in [1.29, 1.82) is 0 Å². The molecule has 0 aliphatic heterocycles. The highest BCUT2D eigenvalue weighted by atomic mass is 16.5. The molecule has 0 fully saturated rings. The number of benzene rings is 2. The van der Waals surface area contributed by atoms with E-state index in [0.29, 0.717) is 18.7 Å². The Bertz CT molecular complexity index is 635. The molecule has 2 aromatic rings. The van der Waals surface area contributed by atoms with Gasteiger partial charge >= 0.3 is 5.97 Å². The molecule has 0 spiro atoms. The maximum absolute atomic E-state index is 12.3. The fraction of sp³-hybridized carbons (Fsp3) is 0.250. The van der Waals surface area contributed by atoms with Crippen LogP contribution in [0, 0.1) is 0 Å². The molecule has 0 aromatic heterocycles. The number of carbonyl (C=O) groups excluding carboxylic acids is 1. The Hall–Kier alpha value is -2.39. The molecule has 2 aromatic carbocycles. The number of hydrogen-bond acceptors (Lipinski definition) is 3. The molecule has 1 N–H and O–H groups in total. The summed E-state index contributed by atoms with van der Waals surface area (Å²) in [4.78, 5) is 12.3. The number of allylic oxidation sites excluding steroid dienone is 1. The topological polar surface area (TPSA) is 38.3 Å². The van der Waals surface area contributed by atoms with Gasteiger partial charge in [-0.3, -0.25) is 0 Å². The van der Waals surface area contributed by atoms with Gasteiger partial charge in [-0.2, -0.15) is 0 Å². The summed E-state index contributed by atoms with van der Waals surface area (Å²) in [5, 5.41) is 3.47. The lowest BCUT2D eigenvalue weighted by atomic mass is 9.98. The molecular weight excluding hydrogens is 286 g/mol. The van der Waals surface area contributed by atoms with E-state index in [1.165, 1.54) is 5.56 Å². The Morgan fingerprint density at radius 1 is 1.09 bits per heavy atom. The van der Waals surface area contributed by atoms with Gasteiger partial charge in [0.2, 0.25) is 0 Å². The van der Waals surface area contributed by atoms with Crippen molar-refractivity contribution in [3.05, 3.63) is 83.4 Å². The monoisotopic (exact) mass is 309 g/mol. The summed E-state index contributed by atoms with van der Waals surface area (Å²) >= 11 is 0. The average Bonchev–Trinajstić information content (AvgIpc) is 2.60. The second kappa shape index (κ2) is 8.91. The summed E-state index contributed by atoms with van der Waals surface area (Å²) in [5.74, 6) is -0.274. The van der Waals surface area contributed by atoms with Gasteiger partial charge in [-0.1, -0.05) is 66.7 Å². The van der Waals surface area contributed by atoms with E-state index in [-0.39, 0.29) is 12.0 Å². The van der Waals surface area contributed by atoms with E-state index in [1.807, 2.05) is 68.5 Å². The molecule has 0 amide bonds. The zero-order valence-corrected chi connectivity index (χ0v) is 13.7. The number of rotatable bonds is 7. The van der Waals surface area contributed by atoms with Crippen molar-refractivity contribution >= 4 is 5.97 Å². The van der Waals surface area contributed by atoms with Crippen LogP contribution in [0.25, 0.3) is 0 Å². The minimum Gasteiger partial charge on any atom is -0.463 e. The molecular formula is C20H23NO2. The van der Waals surface area contributed by atoms with Crippen molar-refractivity contribution in [3.8, 4) is 0 Å². The van der Waals surface area contributed by atoms with E-state index in [1.54, 1.807) is 0 Å². The molecule has 0 unspecified atom stereocenters. The predicted octanol–water partition coefficient (Wildman–Crippen LogP) is 4.03. The second-order valence-corrected chi connectivity index (χ2v) is 5.17. The summed E-state index contributed by atoms with van der Waals surface area (Å²) in [5.41, 5.74) is 2.85. The molecule has 120 valence electrons. The molecule has 3 nitrogen and oxygen atoms in total. The lowest BCUT2D eigenvalue weighted by Crippen LogP contribution is -2.27. The molecule has 0 radical (unpaired) electrons. The molecule has 0 bridgehead atoms. The molecule has 0 aliphatic carbocycles. The first-order chi connectivity index (χ1) is 11.3. The van der Waals surface area contributed by atoms with Gasteiger partial charge < -0.3 is 10.1 Å². The van der Waals surface area contributed by atoms with Gasteiger partial charge in [-0.25, -0.2) is 4.79 Å². The third-order valence-corrected chi connectivity index (χ3v) is 3.62. The lowest BCUT2D eigenvalue weighted by Gasteiger charge is -2.21. The van der Waals surface area contributed by atoms with Crippen LogP contribution in [0.5, 0.6) is 0 Å². The third-order valence-electron chi connectivity index (χ3n) is 3.62. The first kappa shape index (κ1) is 17.0. The van der Waals surface area contributed by atoms with Gasteiger partial charge in [-0.15, -0.1) is 0 Å². The largest absolute Gasteiger partial charge is 0.463 e. The maximum atomic E-state index is 12.3. The fourth-order valence-electron chi connectivity index (χ4n) is 2.49. The van der Waals surface area contributed by atoms with E-state index in [4.69, 9.17) is 4.74 Å². The Labute approximate surface area is 138 Å². The maximum Gasteiger partial charge on any atom is 0.335 e. The van der Waals surface area contributed by atoms with Gasteiger partial charge in [0.05, 0.1) is 18.2 Å². The normalized spacial score (nSPS) is 12.7. The average molecular weight is 309 g/mol. The standard InChI is InChI=1S/C20H23NO2/c1-3-18(20(22)23-4-2)19(17-13-9-6-10-14-17)21-15-16-11-7-5-8-12-16/h3,5-14,19,21H,4,15H2,1-2H3/b18-3-/t19-/m1/s1. The van der Waals surface area contributed by atoms with E-state index < -0.39 is 0 Å². The van der Waals surface area contributed by atoms with E-state index >= 15 is 0 Å². The highest BCUT2D eigenvalue weighted by Gasteiger charge is 2.22. The van der Waals surface area contributed by atoms with Crippen LogP contribution in [0.4, 0.5) is 0 Å². The van der Waals surface area contributed by atoms with Crippen LogP contribution >= 0.6 is 0 Å². The van der Waals surface area contributed by atoms with Crippen molar-refractivity contribution in [2.45, 2.75) is 26.4 Å². The van der Waals surface area contributed by atoms with Crippen molar-refractivity contribution < 1.29 is 9.53 Å². The van der Waals surface area contributed by atoms with Gasteiger partial charge in [0.25, 0.3) is 0 Å². The highest BCUT2D eigenvalue weighted by molar-refractivity contribution is 5.90. The van der Waals surface area contributed by atoms with Crippen LogP contribution in [-0.2, 0) is 16.1 Å². The smallest absolute Gasteiger partial charge is 0.335 e. The van der Waals surface area contributed by atoms with E-state index in [0.717, 1.165) is 5.56 Å². The molecule has 23 heavy (non-hydrogen) atoms. The number of esters is 1.